The molecule has 1 aromatic rings. The standard InChI is InChI=1S/C8H7NO2/c10-7-2-1-3-8-6(7)4-9-5-11-8/h1-3,5,10H,4H2. The molecule has 1 aliphatic heterocycles. The Morgan fingerprint density at radius 3 is 3.18 bits per heavy atom. The predicted octanol–water partition coefficient (Wildman–Crippen LogP) is 1.31. The molecule has 0 amide bonds. The Morgan fingerprint density at radius 1 is 1.45 bits per heavy atom. The van der Waals surface area contributed by atoms with Crippen LogP contribution in [0.25, 0.3) is 0 Å². The summed E-state index contributed by atoms with van der Waals surface area (Å²) in [4.78, 5) is 3.87. The minimum atomic E-state index is 0.249. The van der Waals surface area contributed by atoms with Crippen LogP contribution in [-0.2, 0) is 6.54 Å². The van der Waals surface area contributed by atoms with Crippen LogP contribution in [0, 0.1) is 0 Å². The van der Waals surface area contributed by atoms with E-state index in [0.29, 0.717) is 12.3 Å². The molecular weight excluding hydrogens is 142 g/mol. The van der Waals surface area contributed by atoms with Crippen LogP contribution in [0.5, 0.6) is 11.5 Å². The molecule has 0 atom stereocenters. The Hall–Kier alpha value is -1.51. The second kappa shape index (κ2) is 2.27. The summed E-state index contributed by atoms with van der Waals surface area (Å²) in [6, 6.07) is 5.18. The van der Waals surface area contributed by atoms with Crippen molar-refractivity contribution in [2.75, 3.05) is 0 Å². The maximum Gasteiger partial charge on any atom is 0.176 e. The third kappa shape index (κ3) is 0.941. The van der Waals surface area contributed by atoms with E-state index in [2.05, 4.69) is 4.99 Å². The van der Waals surface area contributed by atoms with Crippen molar-refractivity contribution in [2.45, 2.75) is 6.54 Å². The lowest BCUT2D eigenvalue weighted by Crippen LogP contribution is -2.00. The molecule has 1 heterocycles. The number of phenols is 1. The second-order valence-electron chi connectivity index (χ2n) is 2.32. The molecule has 3 nitrogen and oxygen atoms in total. The highest BCUT2D eigenvalue weighted by atomic mass is 16.5. The summed E-state index contributed by atoms with van der Waals surface area (Å²) in [6.07, 6.45) is 1.39. The first-order chi connectivity index (χ1) is 5.38. The lowest BCUT2D eigenvalue weighted by molar-refractivity contribution is 0.455. The molecular formula is C8H7NO2. The summed E-state index contributed by atoms with van der Waals surface area (Å²) in [5.41, 5.74) is 0.759. The van der Waals surface area contributed by atoms with E-state index in [4.69, 9.17) is 4.74 Å². The molecule has 0 aromatic heterocycles. The zero-order valence-corrected chi connectivity index (χ0v) is 5.82. The van der Waals surface area contributed by atoms with Gasteiger partial charge in [-0.1, -0.05) is 6.07 Å². The van der Waals surface area contributed by atoms with E-state index in [9.17, 15) is 5.11 Å². The minimum Gasteiger partial charge on any atom is -0.507 e. The van der Waals surface area contributed by atoms with Gasteiger partial charge in [-0.05, 0) is 12.1 Å². The summed E-state index contributed by atoms with van der Waals surface area (Å²) >= 11 is 0. The summed E-state index contributed by atoms with van der Waals surface area (Å²) in [5.74, 6) is 0.944. The molecule has 11 heavy (non-hydrogen) atoms. The SMILES string of the molecule is Oc1cccc2c1CN=CO2. The van der Waals surface area contributed by atoms with Gasteiger partial charge in [0, 0.05) is 0 Å². The number of rotatable bonds is 0. The Kier molecular flexibility index (Phi) is 1.28. The molecule has 1 aliphatic rings. The van der Waals surface area contributed by atoms with Crippen molar-refractivity contribution in [1.82, 2.24) is 0 Å². The third-order valence-electron chi connectivity index (χ3n) is 1.61. The molecule has 1 aromatic carbocycles. The summed E-state index contributed by atoms with van der Waals surface area (Å²) < 4.78 is 5.05. The number of nitrogens with zero attached hydrogens (tertiary/aromatic N) is 1. The van der Waals surface area contributed by atoms with Crippen LogP contribution in [0.1, 0.15) is 5.56 Å². The van der Waals surface area contributed by atoms with Crippen LogP contribution in [0.15, 0.2) is 23.2 Å². The highest BCUT2D eigenvalue weighted by Crippen LogP contribution is 2.29. The fourth-order valence-corrected chi connectivity index (χ4v) is 1.05. The molecule has 0 unspecified atom stereocenters. The van der Waals surface area contributed by atoms with Crippen molar-refractivity contribution in [1.29, 1.82) is 0 Å². The van der Waals surface area contributed by atoms with E-state index in [0.717, 1.165) is 5.56 Å². The number of hydrogen-bond acceptors (Lipinski definition) is 3. The van der Waals surface area contributed by atoms with Crippen LogP contribution in [0.2, 0.25) is 0 Å². The van der Waals surface area contributed by atoms with Gasteiger partial charge in [-0.3, -0.25) is 4.99 Å². The van der Waals surface area contributed by atoms with Crippen LogP contribution in [-0.4, -0.2) is 11.5 Å². The van der Waals surface area contributed by atoms with E-state index in [1.807, 2.05) is 0 Å². The molecule has 0 spiro atoms. The minimum absolute atomic E-state index is 0.249. The van der Waals surface area contributed by atoms with Gasteiger partial charge < -0.3 is 9.84 Å². The van der Waals surface area contributed by atoms with E-state index in [1.165, 1.54) is 6.40 Å². The van der Waals surface area contributed by atoms with Gasteiger partial charge in [0.25, 0.3) is 0 Å². The van der Waals surface area contributed by atoms with Gasteiger partial charge in [0.15, 0.2) is 6.40 Å². The maximum absolute atomic E-state index is 9.30. The highest BCUT2D eigenvalue weighted by molar-refractivity contribution is 5.59. The van der Waals surface area contributed by atoms with Gasteiger partial charge in [-0.15, -0.1) is 0 Å². The van der Waals surface area contributed by atoms with Crippen molar-refractivity contribution in [2.24, 2.45) is 4.99 Å². The zero-order valence-electron chi connectivity index (χ0n) is 5.82. The van der Waals surface area contributed by atoms with E-state index >= 15 is 0 Å². The monoisotopic (exact) mass is 149 g/mol. The Labute approximate surface area is 64.0 Å². The largest absolute Gasteiger partial charge is 0.507 e. The molecule has 0 radical (unpaired) electrons. The van der Waals surface area contributed by atoms with Crippen LogP contribution < -0.4 is 4.74 Å². The number of aliphatic imine (C=N–C) groups is 1. The summed E-state index contributed by atoms with van der Waals surface area (Å²) in [7, 11) is 0. The second-order valence-corrected chi connectivity index (χ2v) is 2.32. The molecule has 0 aliphatic carbocycles. The quantitative estimate of drug-likeness (QED) is 0.604. The average molecular weight is 149 g/mol. The van der Waals surface area contributed by atoms with Crippen molar-refractivity contribution >= 4 is 6.40 Å². The smallest absolute Gasteiger partial charge is 0.176 e. The Morgan fingerprint density at radius 2 is 2.36 bits per heavy atom. The van der Waals surface area contributed by atoms with Gasteiger partial charge in [0.2, 0.25) is 0 Å². The topological polar surface area (TPSA) is 41.8 Å². The lowest BCUT2D eigenvalue weighted by atomic mass is 10.1. The van der Waals surface area contributed by atoms with E-state index < -0.39 is 0 Å². The fourth-order valence-electron chi connectivity index (χ4n) is 1.05. The van der Waals surface area contributed by atoms with E-state index in [1.54, 1.807) is 18.2 Å². The molecule has 2 rings (SSSR count). The maximum atomic E-state index is 9.30. The van der Waals surface area contributed by atoms with Crippen LogP contribution >= 0.6 is 0 Å². The van der Waals surface area contributed by atoms with E-state index in [-0.39, 0.29) is 5.75 Å². The molecule has 0 bridgehead atoms. The highest BCUT2D eigenvalue weighted by Gasteiger charge is 2.09. The zero-order chi connectivity index (χ0) is 7.68. The number of ether oxygens (including phenoxy) is 1. The first kappa shape index (κ1) is 6.22. The van der Waals surface area contributed by atoms with Gasteiger partial charge in [0.1, 0.15) is 11.5 Å². The van der Waals surface area contributed by atoms with Gasteiger partial charge >= 0.3 is 0 Å². The normalized spacial score (nSPS) is 13.8. The van der Waals surface area contributed by atoms with Gasteiger partial charge in [0.05, 0.1) is 12.1 Å². The molecule has 0 saturated carbocycles. The number of phenolic OH excluding ortho intramolecular Hbond substituents is 1. The van der Waals surface area contributed by atoms with Crippen molar-refractivity contribution in [3.63, 3.8) is 0 Å². The molecule has 3 heteroatoms. The van der Waals surface area contributed by atoms with Crippen molar-refractivity contribution in [3.8, 4) is 11.5 Å². The first-order valence-electron chi connectivity index (χ1n) is 3.34. The lowest BCUT2D eigenvalue weighted by Gasteiger charge is -2.11. The Bertz CT molecular complexity index is 307. The van der Waals surface area contributed by atoms with Gasteiger partial charge in [-0.25, -0.2) is 0 Å². The fraction of sp³-hybridized carbons (Fsp3) is 0.125. The number of benzene rings is 1. The summed E-state index contributed by atoms with van der Waals surface area (Å²) in [6.45, 7) is 0.502. The predicted molar refractivity (Wildman–Crippen MR) is 40.9 cm³/mol. The van der Waals surface area contributed by atoms with Crippen molar-refractivity contribution < 1.29 is 9.84 Å². The third-order valence-corrected chi connectivity index (χ3v) is 1.61. The van der Waals surface area contributed by atoms with Gasteiger partial charge in [-0.2, -0.15) is 0 Å². The Balaban J connectivity index is 2.54. The first-order valence-corrected chi connectivity index (χ1v) is 3.34. The van der Waals surface area contributed by atoms with Crippen molar-refractivity contribution in [3.05, 3.63) is 23.8 Å². The molecule has 56 valence electrons. The number of fused-ring (bicyclic) bond motifs is 1. The summed E-state index contributed by atoms with van der Waals surface area (Å²) in [5, 5.41) is 9.30. The molecule has 0 saturated heterocycles. The van der Waals surface area contributed by atoms with Crippen LogP contribution in [0.4, 0.5) is 0 Å². The average Bonchev–Trinajstić information content (AvgIpc) is 2.06. The molecule has 0 fully saturated rings. The number of aromatic hydroxyl groups is 1. The van der Waals surface area contributed by atoms with Crippen LogP contribution in [0.3, 0.4) is 0 Å². The number of hydrogen-bond donors (Lipinski definition) is 1. The molecule has 1 N–H and O–H groups in total.